The number of anilines is 1. The first kappa shape index (κ1) is 12.2. The van der Waals surface area contributed by atoms with Gasteiger partial charge in [-0.25, -0.2) is 0 Å². The van der Waals surface area contributed by atoms with Crippen LogP contribution in [0.5, 0.6) is 5.75 Å². The Kier molecular flexibility index (Phi) is 3.36. The van der Waals surface area contributed by atoms with Crippen LogP contribution in [0, 0.1) is 0 Å². The van der Waals surface area contributed by atoms with Gasteiger partial charge in [-0.05, 0) is 29.8 Å². The lowest BCUT2D eigenvalue weighted by Crippen LogP contribution is -2.65. The lowest BCUT2D eigenvalue weighted by atomic mass is 9.95. The molecule has 94 valence electrons. The Bertz CT molecular complexity index is 496. The van der Waals surface area contributed by atoms with Crippen molar-refractivity contribution in [1.29, 1.82) is 0 Å². The predicted molar refractivity (Wildman–Crippen MR) is 64.3 cm³/mol. The minimum absolute atomic E-state index is 0.249. The van der Waals surface area contributed by atoms with Gasteiger partial charge in [0.05, 0.1) is 19.8 Å². The number of methoxy groups -OCH3 is 1. The van der Waals surface area contributed by atoms with Gasteiger partial charge in [0, 0.05) is 10.6 Å². The summed E-state index contributed by atoms with van der Waals surface area (Å²) in [4.78, 5) is 15.8. The first-order valence-electron chi connectivity index (χ1n) is 5.35. The van der Waals surface area contributed by atoms with E-state index in [9.17, 15) is 9.90 Å². The third kappa shape index (κ3) is 1.85. The van der Waals surface area contributed by atoms with Crippen LogP contribution in [0.2, 0.25) is 0 Å². The van der Waals surface area contributed by atoms with E-state index in [-0.39, 0.29) is 12.5 Å². The molecule has 1 aromatic rings. The number of carbonyl (C=O) groups excluding carboxylic acids is 1. The molecular formula is C11H12N4O3. The molecule has 1 N–H and O–H groups in total. The predicted octanol–water partition coefficient (Wildman–Crippen LogP) is 1.08. The van der Waals surface area contributed by atoms with Crippen molar-refractivity contribution in [3.8, 4) is 5.75 Å². The van der Waals surface area contributed by atoms with E-state index in [1.807, 2.05) is 0 Å². The van der Waals surface area contributed by atoms with Crippen LogP contribution in [0.25, 0.3) is 10.4 Å². The van der Waals surface area contributed by atoms with Crippen molar-refractivity contribution in [2.45, 2.75) is 12.1 Å². The van der Waals surface area contributed by atoms with Crippen molar-refractivity contribution in [2.75, 3.05) is 18.6 Å². The molecule has 1 saturated heterocycles. The first-order chi connectivity index (χ1) is 8.72. The summed E-state index contributed by atoms with van der Waals surface area (Å²) in [5.74, 6) is 0.371. The van der Waals surface area contributed by atoms with Gasteiger partial charge in [0.25, 0.3) is 0 Å². The normalized spacial score (nSPS) is 22.1. The lowest BCUT2D eigenvalue weighted by molar-refractivity contribution is -0.126. The maximum absolute atomic E-state index is 11.8. The average molecular weight is 248 g/mol. The van der Waals surface area contributed by atoms with Crippen molar-refractivity contribution < 1.29 is 14.6 Å². The van der Waals surface area contributed by atoms with Crippen LogP contribution in [-0.4, -0.2) is 36.8 Å². The number of azide groups is 1. The van der Waals surface area contributed by atoms with Crippen molar-refractivity contribution in [2.24, 2.45) is 5.11 Å². The zero-order valence-electron chi connectivity index (χ0n) is 9.72. The third-order valence-electron chi connectivity index (χ3n) is 2.90. The second-order valence-corrected chi connectivity index (χ2v) is 3.81. The largest absolute Gasteiger partial charge is 0.497 e. The third-order valence-corrected chi connectivity index (χ3v) is 2.90. The van der Waals surface area contributed by atoms with Crippen LogP contribution in [0.3, 0.4) is 0 Å². The van der Waals surface area contributed by atoms with E-state index in [1.165, 1.54) is 4.90 Å². The maximum Gasteiger partial charge on any atom is 0.238 e. The first-order valence-corrected chi connectivity index (χ1v) is 5.35. The van der Waals surface area contributed by atoms with Gasteiger partial charge in [-0.15, -0.1) is 0 Å². The number of hydrogen-bond donors (Lipinski definition) is 1. The van der Waals surface area contributed by atoms with E-state index in [0.29, 0.717) is 11.4 Å². The van der Waals surface area contributed by atoms with E-state index in [1.54, 1.807) is 31.4 Å². The smallest absolute Gasteiger partial charge is 0.238 e. The average Bonchev–Trinajstić information content (AvgIpc) is 2.42. The maximum atomic E-state index is 11.8. The number of aliphatic hydroxyl groups is 1. The molecule has 18 heavy (non-hydrogen) atoms. The minimum Gasteiger partial charge on any atom is -0.497 e. The number of aliphatic hydroxyl groups excluding tert-OH is 1. The number of rotatable bonds is 4. The Balaban J connectivity index is 2.22. The Hall–Kier alpha value is -2.24. The molecule has 0 saturated carbocycles. The zero-order chi connectivity index (χ0) is 13.1. The summed E-state index contributed by atoms with van der Waals surface area (Å²) < 4.78 is 5.02. The lowest BCUT2D eigenvalue weighted by Gasteiger charge is -2.44. The Morgan fingerprint density at radius 3 is 2.67 bits per heavy atom. The summed E-state index contributed by atoms with van der Waals surface area (Å²) in [5.41, 5.74) is 8.99. The molecule has 1 heterocycles. The van der Waals surface area contributed by atoms with E-state index in [0.717, 1.165) is 0 Å². The minimum atomic E-state index is -0.817. The molecule has 7 nitrogen and oxygen atoms in total. The topological polar surface area (TPSA) is 98.5 Å². The summed E-state index contributed by atoms with van der Waals surface area (Å²) in [6.45, 7) is -0.249. The van der Waals surface area contributed by atoms with Crippen LogP contribution in [0.4, 0.5) is 5.69 Å². The number of carbonyl (C=O) groups is 1. The van der Waals surface area contributed by atoms with Crippen LogP contribution in [0.1, 0.15) is 0 Å². The summed E-state index contributed by atoms with van der Waals surface area (Å²) in [7, 11) is 1.55. The molecule has 0 bridgehead atoms. The number of β-lactam (4-membered cyclic amide) rings is 1. The molecular weight excluding hydrogens is 236 g/mol. The molecule has 1 aromatic carbocycles. The van der Waals surface area contributed by atoms with Gasteiger partial charge in [-0.1, -0.05) is 5.11 Å². The molecule has 1 aliphatic rings. The molecule has 1 aliphatic heterocycles. The summed E-state index contributed by atoms with van der Waals surface area (Å²) in [6.07, 6.45) is 0. The fourth-order valence-electron chi connectivity index (χ4n) is 1.95. The van der Waals surface area contributed by atoms with E-state index in [4.69, 9.17) is 10.3 Å². The molecule has 2 rings (SSSR count). The second kappa shape index (κ2) is 4.95. The molecule has 0 aromatic heterocycles. The van der Waals surface area contributed by atoms with Gasteiger partial charge in [-0.2, -0.15) is 0 Å². The molecule has 1 fully saturated rings. The van der Waals surface area contributed by atoms with Crippen LogP contribution < -0.4 is 9.64 Å². The van der Waals surface area contributed by atoms with Crippen LogP contribution in [0.15, 0.2) is 29.4 Å². The molecule has 7 heteroatoms. The molecule has 0 aliphatic carbocycles. The van der Waals surface area contributed by atoms with Crippen LogP contribution >= 0.6 is 0 Å². The molecule has 0 spiro atoms. The van der Waals surface area contributed by atoms with Crippen LogP contribution in [-0.2, 0) is 4.79 Å². The highest BCUT2D eigenvalue weighted by Crippen LogP contribution is 2.31. The Labute approximate surface area is 103 Å². The SMILES string of the molecule is COc1ccc(N2C(=O)[C@H](N=[N+]=[N-])[C@@H]2CO)cc1. The number of amides is 1. The summed E-state index contributed by atoms with van der Waals surface area (Å²) >= 11 is 0. The van der Waals surface area contributed by atoms with Gasteiger partial charge in [0.2, 0.25) is 5.91 Å². The highest BCUT2D eigenvalue weighted by atomic mass is 16.5. The number of hydrogen-bond acceptors (Lipinski definition) is 4. The fourth-order valence-corrected chi connectivity index (χ4v) is 1.95. The number of benzene rings is 1. The quantitative estimate of drug-likeness (QED) is 0.373. The summed E-state index contributed by atoms with van der Waals surface area (Å²) in [6, 6.07) is 5.55. The van der Waals surface area contributed by atoms with Gasteiger partial charge >= 0.3 is 0 Å². The van der Waals surface area contributed by atoms with Gasteiger partial charge in [0.15, 0.2) is 0 Å². The highest BCUT2D eigenvalue weighted by molar-refractivity contribution is 6.05. The number of ether oxygens (including phenoxy) is 1. The zero-order valence-corrected chi connectivity index (χ0v) is 9.72. The van der Waals surface area contributed by atoms with E-state index >= 15 is 0 Å². The summed E-state index contributed by atoms with van der Waals surface area (Å²) in [5, 5.41) is 12.6. The van der Waals surface area contributed by atoms with Crippen molar-refractivity contribution in [1.82, 2.24) is 0 Å². The highest BCUT2D eigenvalue weighted by Gasteiger charge is 2.47. The molecule has 0 unspecified atom stereocenters. The second-order valence-electron chi connectivity index (χ2n) is 3.81. The fraction of sp³-hybridized carbons (Fsp3) is 0.364. The van der Waals surface area contributed by atoms with E-state index in [2.05, 4.69) is 10.0 Å². The van der Waals surface area contributed by atoms with Crippen molar-refractivity contribution in [3.63, 3.8) is 0 Å². The van der Waals surface area contributed by atoms with Crippen molar-refractivity contribution >= 4 is 11.6 Å². The Morgan fingerprint density at radius 1 is 1.50 bits per heavy atom. The monoisotopic (exact) mass is 248 g/mol. The molecule has 2 atom stereocenters. The standard InChI is InChI=1S/C11H12N4O3/c1-18-8-4-2-7(3-5-8)15-9(6-16)10(11(15)17)13-14-12/h2-5,9-10,16H,6H2,1H3/t9-,10+/m0/s1. The van der Waals surface area contributed by atoms with Crippen molar-refractivity contribution in [3.05, 3.63) is 34.7 Å². The molecule has 1 amide bonds. The van der Waals surface area contributed by atoms with E-state index < -0.39 is 12.1 Å². The number of nitrogens with zero attached hydrogens (tertiary/aromatic N) is 4. The Morgan fingerprint density at radius 2 is 2.17 bits per heavy atom. The molecule has 0 radical (unpaired) electrons. The van der Waals surface area contributed by atoms with Gasteiger partial charge < -0.3 is 14.7 Å². The van der Waals surface area contributed by atoms with Gasteiger partial charge in [0.1, 0.15) is 11.8 Å². The van der Waals surface area contributed by atoms with Gasteiger partial charge in [-0.3, -0.25) is 4.79 Å².